The van der Waals surface area contributed by atoms with E-state index in [0.717, 1.165) is 22.3 Å². The molecule has 7 nitrogen and oxygen atoms in total. The molecule has 11 heteroatoms. The van der Waals surface area contributed by atoms with Gasteiger partial charge in [0, 0.05) is 10.6 Å². The molecule has 0 spiro atoms. The van der Waals surface area contributed by atoms with E-state index in [4.69, 9.17) is 40.0 Å². The standard InChI is InChI=1S/C43H40ClF3O7/c44-37-21-18-35(23-34(37)22-30-16-19-36(20-17-30)52-29-42(45,46)47)43-40(51-26-33-14-8-3-9-15-33)38(49-24-31-10-4-1-5-11-31)39(41(27-48,54-43)28-53-43)50-25-32-12-6-2-7-13-32/h1-21,23,38-40,48H,22,24-29H2/t38-,39-,40+,41+,43+/m0/s1. The van der Waals surface area contributed by atoms with Gasteiger partial charge in [0.1, 0.15) is 29.7 Å². The Morgan fingerprint density at radius 3 is 1.80 bits per heavy atom. The van der Waals surface area contributed by atoms with E-state index < -0.39 is 49.1 Å². The number of fused-ring (bicyclic) bond motifs is 2. The van der Waals surface area contributed by atoms with Gasteiger partial charge in [-0.25, -0.2) is 0 Å². The van der Waals surface area contributed by atoms with Crippen LogP contribution in [-0.2, 0) is 55.7 Å². The van der Waals surface area contributed by atoms with Crippen molar-refractivity contribution in [1.29, 1.82) is 0 Å². The molecule has 1 N–H and O–H groups in total. The zero-order chi connectivity index (χ0) is 37.6. The van der Waals surface area contributed by atoms with Crippen molar-refractivity contribution in [3.63, 3.8) is 0 Å². The van der Waals surface area contributed by atoms with E-state index in [1.54, 1.807) is 18.2 Å². The maximum atomic E-state index is 12.7. The fraction of sp³-hybridized carbons (Fsp3) is 0.302. The Kier molecular flexibility index (Phi) is 11.7. The molecule has 2 fully saturated rings. The Morgan fingerprint density at radius 2 is 1.24 bits per heavy atom. The highest BCUT2D eigenvalue weighted by atomic mass is 35.5. The van der Waals surface area contributed by atoms with Gasteiger partial charge >= 0.3 is 6.18 Å². The van der Waals surface area contributed by atoms with Gasteiger partial charge in [0.15, 0.2) is 6.61 Å². The summed E-state index contributed by atoms with van der Waals surface area (Å²) >= 11 is 6.77. The molecule has 282 valence electrons. The first-order valence-corrected chi connectivity index (χ1v) is 18.0. The summed E-state index contributed by atoms with van der Waals surface area (Å²) in [5, 5.41) is 11.6. The van der Waals surface area contributed by atoms with Crippen LogP contribution in [0.5, 0.6) is 5.75 Å². The van der Waals surface area contributed by atoms with Gasteiger partial charge < -0.3 is 33.5 Å². The van der Waals surface area contributed by atoms with Gasteiger partial charge in [0.2, 0.25) is 5.79 Å². The third-order valence-electron chi connectivity index (χ3n) is 9.64. The van der Waals surface area contributed by atoms with Crippen LogP contribution in [0.25, 0.3) is 0 Å². The van der Waals surface area contributed by atoms with Crippen molar-refractivity contribution in [2.45, 2.75) is 62.1 Å². The Bertz CT molecular complexity index is 1950. The van der Waals surface area contributed by atoms with Crippen molar-refractivity contribution >= 4 is 11.6 Å². The van der Waals surface area contributed by atoms with Crippen LogP contribution in [0.2, 0.25) is 5.02 Å². The molecule has 0 unspecified atom stereocenters. The molecular weight excluding hydrogens is 721 g/mol. The van der Waals surface area contributed by atoms with Crippen LogP contribution in [0.3, 0.4) is 0 Å². The monoisotopic (exact) mass is 760 g/mol. The van der Waals surface area contributed by atoms with E-state index >= 15 is 0 Å². The number of aliphatic hydroxyl groups is 1. The predicted octanol–water partition coefficient (Wildman–Crippen LogP) is 8.57. The van der Waals surface area contributed by atoms with E-state index in [-0.39, 0.29) is 32.2 Å². The quantitative estimate of drug-likeness (QED) is 0.115. The third kappa shape index (κ3) is 8.66. The second kappa shape index (κ2) is 16.6. The van der Waals surface area contributed by atoms with Crippen LogP contribution in [0.15, 0.2) is 133 Å². The minimum atomic E-state index is -4.44. The van der Waals surface area contributed by atoms with Crippen LogP contribution in [0.4, 0.5) is 13.2 Å². The van der Waals surface area contributed by atoms with E-state index in [0.29, 0.717) is 22.6 Å². The van der Waals surface area contributed by atoms with Crippen LogP contribution in [0.1, 0.15) is 33.4 Å². The average Bonchev–Trinajstić information content (AvgIpc) is 3.55. The van der Waals surface area contributed by atoms with Crippen molar-refractivity contribution in [2.75, 3.05) is 19.8 Å². The molecule has 0 amide bonds. The summed E-state index contributed by atoms with van der Waals surface area (Å²) in [6.45, 7) is -1.16. The Balaban J connectivity index is 1.25. The molecule has 5 aromatic rings. The van der Waals surface area contributed by atoms with Crippen LogP contribution >= 0.6 is 11.6 Å². The number of hydrogen-bond donors (Lipinski definition) is 1. The van der Waals surface area contributed by atoms with E-state index in [1.807, 2.05) is 103 Å². The topological polar surface area (TPSA) is 75.6 Å². The zero-order valence-electron chi connectivity index (χ0n) is 29.3. The van der Waals surface area contributed by atoms with E-state index in [2.05, 4.69) is 0 Å². The fourth-order valence-electron chi connectivity index (χ4n) is 6.95. The molecule has 2 aliphatic heterocycles. The number of ether oxygens (including phenoxy) is 6. The summed E-state index contributed by atoms with van der Waals surface area (Å²) in [6.07, 6.45) is -6.59. The Labute approximate surface area is 317 Å². The second-order valence-electron chi connectivity index (χ2n) is 13.5. The largest absolute Gasteiger partial charge is 0.484 e. The molecule has 0 radical (unpaired) electrons. The predicted molar refractivity (Wildman–Crippen MR) is 196 cm³/mol. The summed E-state index contributed by atoms with van der Waals surface area (Å²) < 4.78 is 76.9. The second-order valence-corrected chi connectivity index (χ2v) is 13.9. The molecule has 2 bridgehead atoms. The first kappa shape index (κ1) is 38.0. The summed E-state index contributed by atoms with van der Waals surface area (Å²) in [5.74, 6) is -1.45. The third-order valence-corrected chi connectivity index (χ3v) is 10.0. The summed E-state index contributed by atoms with van der Waals surface area (Å²) in [6, 6.07) is 41.1. The van der Waals surface area contributed by atoms with E-state index in [9.17, 15) is 18.3 Å². The number of alkyl halides is 3. The maximum Gasteiger partial charge on any atom is 0.422 e. The molecule has 5 aromatic carbocycles. The number of halogens is 4. The number of benzene rings is 5. The van der Waals surface area contributed by atoms with Crippen molar-refractivity contribution < 1.29 is 46.7 Å². The lowest BCUT2D eigenvalue weighted by molar-refractivity contribution is -0.353. The lowest BCUT2D eigenvalue weighted by Gasteiger charge is -2.50. The average molecular weight is 761 g/mol. The minimum Gasteiger partial charge on any atom is -0.484 e. The van der Waals surface area contributed by atoms with Gasteiger partial charge in [-0.05, 0) is 58.5 Å². The first-order chi connectivity index (χ1) is 26.2. The van der Waals surface area contributed by atoms with Crippen molar-refractivity contribution in [2.24, 2.45) is 0 Å². The number of aliphatic hydroxyl groups excluding tert-OH is 1. The molecule has 2 aliphatic rings. The lowest BCUT2D eigenvalue weighted by atomic mass is 9.83. The molecule has 7 rings (SSSR count). The van der Waals surface area contributed by atoms with Crippen molar-refractivity contribution in [3.05, 3.63) is 172 Å². The number of hydrogen-bond acceptors (Lipinski definition) is 7. The van der Waals surface area contributed by atoms with Gasteiger partial charge in [-0.2, -0.15) is 13.2 Å². The zero-order valence-corrected chi connectivity index (χ0v) is 30.0. The molecule has 0 aliphatic carbocycles. The highest BCUT2D eigenvalue weighted by Gasteiger charge is 2.69. The molecule has 54 heavy (non-hydrogen) atoms. The van der Waals surface area contributed by atoms with E-state index in [1.165, 1.54) is 12.1 Å². The van der Waals surface area contributed by atoms with Gasteiger partial charge in [0.05, 0.1) is 33.0 Å². The fourth-order valence-corrected chi connectivity index (χ4v) is 7.13. The molecular formula is C43H40ClF3O7. The smallest absolute Gasteiger partial charge is 0.422 e. The highest BCUT2D eigenvalue weighted by Crippen LogP contribution is 2.53. The molecule has 2 heterocycles. The Morgan fingerprint density at radius 1 is 0.685 bits per heavy atom. The molecule has 5 atom stereocenters. The SMILES string of the molecule is OC[C@]12CO[C@](c3ccc(Cl)c(Cc4ccc(OCC(F)(F)F)cc4)c3)(O1)[C@H](OCc1ccccc1)[C@@H](OCc1ccccc1)[C@@H]2OCc1ccccc1. The van der Waals surface area contributed by atoms with Gasteiger partial charge in [-0.1, -0.05) is 121 Å². The Hall–Kier alpha value is -4.26. The summed E-state index contributed by atoms with van der Waals surface area (Å²) in [5.41, 5.74) is 3.58. The van der Waals surface area contributed by atoms with Crippen LogP contribution < -0.4 is 4.74 Å². The first-order valence-electron chi connectivity index (χ1n) is 17.7. The van der Waals surface area contributed by atoms with Crippen molar-refractivity contribution in [3.8, 4) is 5.75 Å². The molecule has 0 aromatic heterocycles. The maximum absolute atomic E-state index is 12.7. The summed E-state index contributed by atoms with van der Waals surface area (Å²) in [7, 11) is 0. The lowest BCUT2D eigenvalue weighted by Crippen LogP contribution is -2.67. The molecule has 0 saturated carbocycles. The van der Waals surface area contributed by atoms with Gasteiger partial charge in [-0.15, -0.1) is 0 Å². The van der Waals surface area contributed by atoms with Crippen molar-refractivity contribution in [1.82, 2.24) is 0 Å². The molecule has 2 saturated heterocycles. The normalized spacial score (nSPS) is 23.7. The minimum absolute atomic E-state index is 0.0172. The van der Waals surface area contributed by atoms with Gasteiger partial charge in [0.25, 0.3) is 0 Å². The number of rotatable bonds is 15. The summed E-state index contributed by atoms with van der Waals surface area (Å²) in [4.78, 5) is 0. The highest BCUT2D eigenvalue weighted by molar-refractivity contribution is 6.31. The van der Waals surface area contributed by atoms with Crippen LogP contribution in [-0.4, -0.2) is 55.0 Å². The van der Waals surface area contributed by atoms with Crippen LogP contribution in [0, 0.1) is 0 Å². The van der Waals surface area contributed by atoms with Gasteiger partial charge in [-0.3, -0.25) is 0 Å².